The van der Waals surface area contributed by atoms with Gasteiger partial charge in [0.25, 0.3) is 0 Å². The van der Waals surface area contributed by atoms with Crippen molar-refractivity contribution in [2.24, 2.45) is 11.0 Å². The van der Waals surface area contributed by atoms with E-state index in [4.69, 9.17) is 4.74 Å². The second-order valence-corrected chi connectivity index (χ2v) is 8.69. The van der Waals surface area contributed by atoms with Crippen LogP contribution in [0.25, 0.3) is 0 Å². The van der Waals surface area contributed by atoms with Gasteiger partial charge in [0.15, 0.2) is 6.29 Å². The number of amides is 2. The van der Waals surface area contributed by atoms with E-state index in [2.05, 4.69) is 51.9 Å². The van der Waals surface area contributed by atoms with Gasteiger partial charge in [0.05, 0.1) is 12.5 Å². The molecule has 1 saturated heterocycles. The van der Waals surface area contributed by atoms with Crippen LogP contribution in [-0.4, -0.2) is 60.0 Å². The summed E-state index contributed by atoms with van der Waals surface area (Å²) in [6.45, 7) is 3.63. The van der Waals surface area contributed by atoms with Crippen LogP contribution < -0.4 is 10.7 Å². The van der Waals surface area contributed by atoms with E-state index in [-0.39, 0.29) is 30.1 Å². The molecule has 2 fully saturated rings. The Morgan fingerprint density at radius 1 is 1.26 bits per heavy atom. The Hall–Kier alpha value is -2.61. The molecular formula is C23H33N5O3. The quantitative estimate of drug-likeness (QED) is 0.620. The Morgan fingerprint density at radius 3 is 2.81 bits per heavy atom. The zero-order chi connectivity index (χ0) is 21.8. The van der Waals surface area contributed by atoms with Gasteiger partial charge in [-0.05, 0) is 25.3 Å². The summed E-state index contributed by atoms with van der Waals surface area (Å²) in [6, 6.07) is 8.49. The largest absolute Gasteiger partial charge is 0.383 e. The van der Waals surface area contributed by atoms with Gasteiger partial charge < -0.3 is 15.0 Å². The number of hydrazone groups is 1. The van der Waals surface area contributed by atoms with Gasteiger partial charge in [0.1, 0.15) is 5.84 Å². The van der Waals surface area contributed by atoms with Crippen molar-refractivity contribution in [2.75, 3.05) is 20.3 Å². The minimum atomic E-state index is -0.278. The lowest BCUT2D eigenvalue weighted by atomic mass is 9.80. The summed E-state index contributed by atoms with van der Waals surface area (Å²) in [5.74, 6) is 1.09. The first-order valence-corrected chi connectivity index (χ1v) is 11.3. The molecule has 8 nitrogen and oxygen atoms in total. The van der Waals surface area contributed by atoms with Gasteiger partial charge in [0, 0.05) is 39.1 Å². The molecule has 3 unspecified atom stereocenters. The number of aryl methyl sites for hydroxylation is 1. The molecule has 1 aromatic rings. The summed E-state index contributed by atoms with van der Waals surface area (Å²) >= 11 is 0. The normalized spacial score (nSPS) is 24.9. The van der Waals surface area contributed by atoms with Crippen molar-refractivity contribution in [1.82, 2.24) is 20.5 Å². The molecule has 3 aliphatic rings. The Balaban J connectivity index is 1.48. The van der Waals surface area contributed by atoms with E-state index in [9.17, 15) is 9.59 Å². The van der Waals surface area contributed by atoms with E-state index < -0.39 is 0 Å². The average molecular weight is 428 g/mol. The molecule has 2 N–H and O–H groups in total. The number of nitrogens with one attached hydrogen (secondary N) is 2. The molecule has 2 heterocycles. The van der Waals surface area contributed by atoms with E-state index >= 15 is 0 Å². The Kier molecular flexibility index (Phi) is 6.75. The molecule has 3 atom stereocenters. The van der Waals surface area contributed by atoms with Gasteiger partial charge in [-0.1, -0.05) is 42.7 Å². The maximum absolute atomic E-state index is 13.4. The first kappa shape index (κ1) is 21.6. The SMILES string of the molecule is COCCNC(=O)CCC1=NNC2N(Cc3ccc(C)cc3)C(=O)C3CCCCC3N12. The summed E-state index contributed by atoms with van der Waals surface area (Å²) < 4.78 is 4.98. The highest BCUT2D eigenvalue weighted by Gasteiger charge is 2.50. The maximum Gasteiger partial charge on any atom is 0.231 e. The van der Waals surface area contributed by atoms with E-state index in [0.29, 0.717) is 32.5 Å². The average Bonchev–Trinajstić information content (AvgIpc) is 3.21. The van der Waals surface area contributed by atoms with Crippen molar-refractivity contribution < 1.29 is 14.3 Å². The summed E-state index contributed by atoms with van der Waals surface area (Å²) in [6.07, 6.45) is 4.77. The smallest absolute Gasteiger partial charge is 0.231 e. The third kappa shape index (κ3) is 4.69. The molecule has 31 heavy (non-hydrogen) atoms. The van der Waals surface area contributed by atoms with Gasteiger partial charge in [-0.25, -0.2) is 0 Å². The predicted octanol–water partition coefficient (Wildman–Crippen LogP) is 1.94. The number of carbonyl (C=O) groups is 2. The molecule has 1 aliphatic carbocycles. The lowest BCUT2D eigenvalue weighted by molar-refractivity contribution is -0.156. The van der Waals surface area contributed by atoms with Crippen LogP contribution in [0.4, 0.5) is 0 Å². The van der Waals surface area contributed by atoms with Crippen molar-refractivity contribution in [1.29, 1.82) is 0 Å². The van der Waals surface area contributed by atoms with Crippen molar-refractivity contribution in [3.63, 3.8) is 0 Å². The van der Waals surface area contributed by atoms with Gasteiger partial charge >= 0.3 is 0 Å². The molecule has 1 aromatic carbocycles. The van der Waals surface area contributed by atoms with Crippen LogP contribution >= 0.6 is 0 Å². The number of ether oxygens (including phenoxy) is 1. The third-order valence-electron chi connectivity index (χ3n) is 6.53. The standard InChI is InChI=1S/C23H33N5O3/c1-16-7-9-17(10-8-16)15-27-22(30)18-5-3-4-6-19(18)28-20(25-26-23(27)28)11-12-21(29)24-13-14-31-2/h7-10,18-19,23,26H,3-6,11-15H2,1-2H3,(H,24,29). The zero-order valence-electron chi connectivity index (χ0n) is 18.5. The number of hydrogen-bond donors (Lipinski definition) is 2. The molecule has 1 saturated carbocycles. The number of benzene rings is 1. The highest BCUT2D eigenvalue weighted by atomic mass is 16.5. The van der Waals surface area contributed by atoms with Crippen molar-refractivity contribution >= 4 is 17.6 Å². The lowest BCUT2D eigenvalue weighted by Gasteiger charge is -2.50. The molecule has 8 heteroatoms. The first-order chi connectivity index (χ1) is 15.1. The first-order valence-electron chi connectivity index (χ1n) is 11.3. The van der Waals surface area contributed by atoms with E-state index in [1.54, 1.807) is 7.11 Å². The summed E-state index contributed by atoms with van der Waals surface area (Å²) in [4.78, 5) is 29.8. The molecule has 2 aliphatic heterocycles. The predicted molar refractivity (Wildman–Crippen MR) is 118 cm³/mol. The number of hydrogen-bond acceptors (Lipinski definition) is 6. The van der Waals surface area contributed by atoms with Crippen molar-refractivity contribution in [2.45, 2.75) is 64.3 Å². The van der Waals surface area contributed by atoms with Gasteiger partial charge in [-0.2, -0.15) is 5.10 Å². The van der Waals surface area contributed by atoms with Crippen LogP contribution in [0.1, 0.15) is 49.7 Å². The third-order valence-corrected chi connectivity index (χ3v) is 6.53. The molecule has 4 rings (SSSR count). The van der Waals surface area contributed by atoms with Crippen LogP contribution in [0.15, 0.2) is 29.4 Å². The summed E-state index contributed by atoms with van der Waals surface area (Å²) in [5.41, 5.74) is 5.51. The topological polar surface area (TPSA) is 86.3 Å². The van der Waals surface area contributed by atoms with Gasteiger partial charge in [0.2, 0.25) is 11.8 Å². The number of carbonyl (C=O) groups excluding carboxylic acids is 2. The Labute approximate surface area is 184 Å². The molecule has 0 radical (unpaired) electrons. The minimum Gasteiger partial charge on any atom is -0.383 e. The van der Waals surface area contributed by atoms with Crippen LogP contribution in [0.5, 0.6) is 0 Å². The second-order valence-electron chi connectivity index (χ2n) is 8.69. The maximum atomic E-state index is 13.4. The summed E-state index contributed by atoms with van der Waals surface area (Å²) in [5, 5.41) is 7.44. The highest BCUT2D eigenvalue weighted by Crippen LogP contribution is 2.38. The fourth-order valence-corrected chi connectivity index (χ4v) is 4.90. The van der Waals surface area contributed by atoms with Crippen LogP contribution in [0.2, 0.25) is 0 Å². The fraction of sp³-hybridized carbons (Fsp3) is 0.609. The van der Waals surface area contributed by atoms with Crippen LogP contribution in [-0.2, 0) is 20.9 Å². The highest BCUT2D eigenvalue weighted by molar-refractivity contribution is 5.91. The molecule has 0 aromatic heterocycles. The number of rotatable bonds is 8. The Bertz CT molecular complexity index is 825. The number of nitrogens with zero attached hydrogens (tertiary/aromatic N) is 3. The van der Waals surface area contributed by atoms with Gasteiger partial charge in [-0.15, -0.1) is 0 Å². The Morgan fingerprint density at radius 2 is 2.03 bits per heavy atom. The van der Waals surface area contributed by atoms with E-state index in [0.717, 1.165) is 37.1 Å². The second kappa shape index (κ2) is 9.68. The molecule has 0 bridgehead atoms. The molecule has 0 spiro atoms. The van der Waals surface area contributed by atoms with Gasteiger partial charge in [-0.3, -0.25) is 19.9 Å². The number of fused-ring (bicyclic) bond motifs is 3. The van der Waals surface area contributed by atoms with Crippen LogP contribution in [0.3, 0.4) is 0 Å². The number of amidine groups is 1. The van der Waals surface area contributed by atoms with E-state index in [1.807, 2.05) is 4.90 Å². The van der Waals surface area contributed by atoms with Crippen LogP contribution in [0, 0.1) is 12.8 Å². The monoisotopic (exact) mass is 427 g/mol. The molecule has 2 amide bonds. The number of methoxy groups -OCH3 is 1. The lowest BCUT2D eigenvalue weighted by Crippen LogP contribution is -2.67. The molecular weight excluding hydrogens is 394 g/mol. The van der Waals surface area contributed by atoms with E-state index in [1.165, 1.54) is 5.56 Å². The fourth-order valence-electron chi connectivity index (χ4n) is 4.90. The zero-order valence-corrected chi connectivity index (χ0v) is 18.5. The minimum absolute atomic E-state index is 0.00363. The van der Waals surface area contributed by atoms with Crippen molar-refractivity contribution in [3.8, 4) is 0 Å². The molecule has 168 valence electrons. The summed E-state index contributed by atoms with van der Waals surface area (Å²) in [7, 11) is 1.62. The van der Waals surface area contributed by atoms with Crippen molar-refractivity contribution in [3.05, 3.63) is 35.4 Å².